The molecule has 0 spiro atoms. The van der Waals surface area contributed by atoms with Crippen LogP contribution in [0.25, 0.3) is 5.52 Å². The third-order valence-electron chi connectivity index (χ3n) is 2.23. The van der Waals surface area contributed by atoms with Crippen LogP contribution in [0.2, 0.25) is 0 Å². The molecule has 106 valence electrons. The van der Waals surface area contributed by atoms with Crippen molar-refractivity contribution >= 4 is 23.1 Å². The van der Waals surface area contributed by atoms with Gasteiger partial charge in [-0.2, -0.15) is 5.10 Å². The highest BCUT2D eigenvalue weighted by Crippen LogP contribution is 2.25. The first-order chi connectivity index (χ1) is 9.28. The molecule has 0 unspecified atom stereocenters. The van der Waals surface area contributed by atoms with Crippen LogP contribution in [0.3, 0.4) is 0 Å². The normalized spacial score (nSPS) is 11.3. The maximum absolute atomic E-state index is 11.7. The molecule has 0 radical (unpaired) electrons. The molecule has 9 nitrogen and oxygen atoms in total. The molecular weight excluding hydrogens is 266 g/mol. The Kier molecular flexibility index (Phi) is 3.26. The second-order valence-electron chi connectivity index (χ2n) is 4.98. The van der Waals surface area contributed by atoms with Gasteiger partial charge in [0, 0.05) is 12.4 Å². The first-order valence-electron chi connectivity index (χ1n) is 5.74. The summed E-state index contributed by atoms with van der Waals surface area (Å²) in [5.41, 5.74) is -0.825. The van der Waals surface area contributed by atoms with Crippen molar-refractivity contribution < 1.29 is 14.5 Å². The van der Waals surface area contributed by atoms with Crippen LogP contribution < -0.4 is 5.32 Å². The number of anilines is 1. The molecule has 2 heterocycles. The average Bonchev–Trinajstić information content (AvgIpc) is 2.71. The summed E-state index contributed by atoms with van der Waals surface area (Å²) in [6.07, 6.45) is 3.17. The molecule has 2 aromatic heterocycles. The minimum Gasteiger partial charge on any atom is -0.444 e. The number of aromatic nitrogens is 3. The van der Waals surface area contributed by atoms with Crippen molar-refractivity contribution in [1.29, 1.82) is 0 Å². The standard InChI is InChI=1S/C11H13N5O4/c1-11(2,3)20-10(17)14-9-8-7(16(18)19)6-13-15(8)5-4-12-9/h4-6H,1-3H3,(H,12,14,17). The first kappa shape index (κ1) is 13.7. The number of amides is 1. The Morgan fingerprint density at radius 2 is 2.20 bits per heavy atom. The average molecular weight is 279 g/mol. The number of fused-ring (bicyclic) bond motifs is 1. The number of carbonyl (C=O) groups is 1. The predicted molar refractivity (Wildman–Crippen MR) is 69.5 cm³/mol. The number of nitro groups is 1. The quantitative estimate of drug-likeness (QED) is 0.664. The molecule has 0 aliphatic rings. The van der Waals surface area contributed by atoms with Gasteiger partial charge in [0.2, 0.25) is 0 Å². The Morgan fingerprint density at radius 1 is 1.50 bits per heavy atom. The van der Waals surface area contributed by atoms with Gasteiger partial charge in [-0.05, 0) is 20.8 Å². The van der Waals surface area contributed by atoms with Gasteiger partial charge >= 0.3 is 11.8 Å². The zero-order chi connectivity index (χ0) is 14.9. The summed E-state index contributed by atoms with van der Waals surface area (Å²) in [6, 6.07) is 0. The lowest BCUT2D eigenvalue weighted by molar-refractivity contribution is -0.383. The lowest BCUT2D eigenvalue weighted by Crippen LogP contribution is -2.27. The largest absolute Gasteiger partial charge is 0.444 e. The number of ether oxygens (including phenoxy) is 1. The van der Waals surface area contributed by atoms with Crippen LogP contribution in [0.4, 0.5) is 16.3 Å². The van der Waals surface area contributed by atoms with Gasteiger partial charge < -0.3 is 4.74 Å². The van der Waals surface area contributed by atoms with Crippen LogP contribution in [-0.4, -0.2) is 31.2 Å². The van der Waals surface area contributed by atoms with Crippen molar-refractivity contribution in [3.8, 4) is 0 Å². The number of rotatable bonds is 2. The van der Waals surface area contributed by atoms with Crippen LogP contribution >= 0.6 is 0 Å². The monoisotopic (exact) mass is 279 g/mol. The summed E-state index contributed by atoms with van der Waals surface area (Å²) in [7, 11) is 0. The Morgan fingerprint density at radius 3 is 2.80 bits per heavy atom. The molecule has 0 saturated carbocycles. The van der Waals surface area contributed by atoms with E-state index in [1.165, 1.54) is 16.9 Å². The molecule has 9 heteroatoms. The van der Waals surface area contributed by atoms with Crippen LogP contribution in [0, 0.1) is 10.1 Å². The van der Waals surface area contributed by atoms with E-state index in [-0.39, 0.29) is 17.0 Å². The summed E-state index contributed by atoms with van der Waals surface area (Å²) in [4.78, 5) is 25.9. The summed E-state index contributed by atoms with van der Waals surface area (Å²) in [6.45, 7) is 5.13. The van der Waals surface area contributed by atoms with Crippen molar-refractivity contribution in [3.63, 3.8) is 0 Å². The SMILES string of the molecule is CC(C)(C)OC(=O)Nc1nccn2ncc([N+](=O)[O-])c12. The Hall–Kier alpha value is -2.71. The van der Waals surface area contributed by atoms with Crippen LogP contribution in [0.5, 0.6) is 0 Å². The Labute approximate surface area is 113 Å². The van der Waals surface area contributed by atoms with E-state index in [1.54, 1.807) is 20.8 Å². The lowest BCUT2D eigenvalue weighted by Gasteiger charge is -2.19. The molecule has 2 rings (SSSR count). The van der Waals surface area contributed by atoms with Gasteiger partial charge in [0.15, 0.2) is 11.3 Å². The topological polar surface area (TPSA) is 112 Å². The van der Waals surface area contributed by atoms with E-state index in [0.717, 1.165) is 6.20 Å². The molecule has 0 bridgehead atoms. The molecule has 0 atom stereocenters. The van der Waals surface area contributed by atoms with Crippen molar-refractivity contribution in [3.05, 3.63) is 28.7 Å². The highest BCUT2D eigenvalue weighted by atomic mass is 16.6. The maximum Gasteiger partial charge on any atom is 0.413 e. The number of nitrogens with zero attached hydrogens (tertiary/aromatic N) is 4. The molecular formula is C11H13N5O4. The third kappa shape index (κ3) is 2.82. The fourth-order valence-electron chi connectivity index (χ4n) is 1.55. The van der Waals surface area contributed by atoms with Gasteiger partial charge in [-0.1, -0.05) is 0 Å². The Balaban J connectivity index is 2.37. The molecule has 0 aliphatic carbocycles. The van der Waals surface area contributed by atoms with Crippen molar-refractivity contribution in [2.45, 2.75) is 26.4 Å². The fourth-order valence-corrected chi connectivity index (χ4v) is 1.55. The Bertz CT molecular complexity index is 673. The number of hydrogen-bond donors (Lipinski definition) is 1. The summed E-state index contributed by atoms with van der Waals surface area (Å²) in [5, 5.41) is 17.1. The van der Waals surface area contributed by atoms with Crippen LogP contribution in [0.15, 0.2) is 18.6 Å². The minimum absolute atomic E-state index is 0.0194. The van der Waals surface area contributed by atoms with Gasteiger partial charge in [-0.25, -0.2) is 14.3 Å². The van der Waals surface area contributed by atoms with Crippen LogP contribution in [0.1, 0.15) is 20.8 Å². The molecule has 1 N–H and O–H groups in total. The second-order valence-corrected chi connectivity index (χ2v) is 4.98. The van der Waals surface area contributed by atoms with Crippen molar-refractivity contribution in [1.82, 2.24) is 14.6 Å². The van der Waals surface area contributed by atoms with Gasteiger partial charge in [0.1, 0.15) is 11.8 Å². The van der Waals surface area contributed by atoms with Crippen molar-refractivity contribution in [2.75, 3.05) is 5.32 Å². The fraction of sp³-hybridized carbons (Fsp3) is 0.364. The van der Waals surface area contributed by atoms with E-state index in [4.69, 9.17) is 4.74 Å². The van der Waals surface area contributed by atoms with E-state index in [0.29, 0.717) is 0 Å². The number of carbonyl (C=O) groups excluding carboxylic acids is 1. The van der Waals surface area contributed by atoms with E-state index < -0.39 is 16.6 Å². The molecule has 0 fully saturated rings. The summed E-state index contributed by atoms with van der Waals surface area (Å²) >= 11 is 0. The predicted octanol–water partition coefficient (Wildman–Crippen LogP) is 1.98. The highest BCUT2D eigenvalue weighted by molar-refractivity contribution is 5.91. The van der Waals surface area contributed by atoms with Gasteiger partial charge in [0.05, 0.1) is 4.92 Å². The van der Waals surface area contributed by atoms with E-state index in [2.05, 4.69) is 15.4 Å². The highest BCUT2D eigenvalue weighted by Gasteiger charge is 2.22. The first-order valence-corrected chi connectivity index (χ1v) is 5.74. The maximum atomic E-state index is 11.7. The van der Waals surface area contributed by atoms with E-state index in [9.17, 15) is 14.9 Å². The summed E-state index contributed by atoms with van der Waals surface area (Å²) in [5.74, 6) is 0.0194. The smallest absolute Gasteiger partial charge is 0.413 e. The zero-order valence-electron chi connectivity index (χ0n) is 11.2. The third-order valence-corrected chi connectivity index (χ3v) is 2.23. The molecule has 0 saturated heterocycles. The van der Waals surface area contributed by atoms with Gasteiger partial charge in [-0.15, -0.1) is 0 Å². The zero-order valence-corrected chi connectivity index (χ0v) is 11.2. The van der Waals surface area contributed by atoms with Gasteiger partial charge in [0.25, 0.3) is 0 Å². The molecule has 20 heavy (non-hydrogen) atoms. The second kappa shape index (κ2) is 4.76. The van der Waals surface area contributed by atoms with Crippen molar-refractivity contribution in [2.24, 2.45) is 0 Å². The lowest BCUT2D eigenvalue weighted by atomic mass is 10.2. The van der Waals surface area contributed by atoms with Gasteiger partial charge in [-0.3, -0.25) is 15.4 Å². The number of nitrogens with one attached hydrogen (secondary N) is 1. The van der Waals surface area contributed by atoms with E-state index in [1.807, 2.05) is 0 Å². The molecule has 2 aromatic rings. The van der Waals surface area contributed by atoms with E-state index >= 15 is 0 Å². The molecule has 0 aliphatic heterocycles. The minimum atomic E-state index is -0.742. The molecule has 0 aromatic carbocycles. The molecule has 1 amide bonds. The summed E-state index contributed by atoms with van der Waals surface area (Å²) < 4.78 is 6.34. The number of hydrogen-bond acceptors (Lipinski definition) is 6. The van der Waals surface area contributed by atoms with Crippen LogP contribution in [-0.2, 0) is 4.74 Å².